The van der Waals surface area contributed by atoms with Gasteiger partial charge in [0.15, 0.2) is 5.96 Å². The lowest BCUT2D eigenvalue weighted by Crippen LogP contribution is -2.48. The van der Waals surface area contributed by atoms with E-state index in [1.54, 1.807) is 0 Å². The van der Waals surface area contributed by atoms with E-state index in [2.05, 4.69) is 33.7 Å². The Morgan fingerprint density at radius 1 is 1.25 bits per heavy atom. The Kier molecular flexibility index (Phi) is 8.70. The van der Waals surface area contributed by atoms with Gasteiger partial charge in [-0.3, -0.25) is 4.99 Å². The Hall–Kier alpha value is -0.460. The van der Waals surface area contributed by atoms with Crippen molar-refractivity contribution in [2.75, 3.05) is 59.2 Å². The summed E-state index contributed by atoms with van der Waals surface area (Å²) >= 11 is 1.96. The third kappa shape index (κ3) is 6.45. The van der Waals surface area contributed by atoms with Gasteiger partial charge in [-0.05, 0) is 63.9 Å². The molecular formula is C18H36N4OS. The molecule has 0 bridgehead atoms. The van der Waals surface area contributed by atoms with Crippen molar-refractivity contribution in [3.05, 3.63) is 0 Å². The van der Waals surface area contributed by atoms with Gasteiger partial charge in [0, 0.05) is 38.1 Å². The third-order valence-corrected chi connectivity index (χ3v) is 6.88. The zero-order valence-corrected chi connectivity index (χ0v) is 16.6. The quantitative estimate of drug-likeness (QED) is 0.416. The molecule has 2 fully saturated rings. The number of hydrogen-bond donors (Lipinski definition) is 2. The van der Waals surface area contributed by atoms with Crippen LogP contribution in [0.4, 0.5) is 0 Å². The smallest absolute Gasteiger partial charge is 0.191 e. The Labute approximate surface area is 152 Å². The number of thioether (sulfide) groups is 1. The molecule has 2 N–H and O–H groups in total. The van der Waals surface area contributed by atoms with E-state index in [0.717, 1.165) is 51.0 Å². The zero-order chi connectivity index (χ0) is 17.3. The first-order chi connectivity index (χ1) is 11.7. The minimum absolute atomic E-state index is 0.292. The van der Waals surface area contributed by atoms with E-state index >= 15 is 0 Å². The van der Waals surface area contributed by atoms with Crippen LogP contribution in [0.1, 0.15) is 39.0 Å². The monoisotopic (exact) mass is 356 g/mol. The molecule has 0 aromatic rings. The molecule has 0 aromatic carbocycles. The van der Waals surface area contributed by atoms with Gasteiger partial charge in [0.25, 0.3) is 0 Å². The fourth-order valence-corrected chi connectivity index (χ4v) is 4.25. The highest BCUT2D eigenvalue weighted by Gasteiger charge is 2.31. The first-order valence-corrected chi connectivity index (χ1v) is 10.7. The van der Waals surface area contributed by atoms with Crippen LogP contribution in [0.25, 0.3) is 0 Å². The number of rotatable bonds is 7. The van der Waals surface area contributed by atoms with Crippen molar-refractivity contribution in [1.29, 1.82) is 0 Å². The van der Waals surface area contributed by atoms with E-state index in [4.69, 9.17) is 4.74 Å². The van der Waals surface area contributed by atoms with Crippen molar-refractivity contribution in [1.82, 2.24) is 15.5 Å². The number of nitrogens with one attached hydrogen (secondary N) is 2. The molecule has 6 heteroatoms. The van der Waals surface area contributed by atoms with E-state index in [0.29, 0.717) is 4.75 Å². The molecule has 2 saturated heterocycles. The number of ether oxygens (including phenoxy) is 1. The van der Waals surface area contributed by atoms with Crippen LogP contribution in [0.15, 0.2) is 4.99 Å². The molecule has 5 nitrogen and oxygen atoms in total. The molecule has 0 aromatic heterocycles. The van der Waals surface area contributed by atoms with Crippen LogP contribution in [0.2, 0.25) is 0 Å². The van der Waals surface area contributed by atoms with E-state index in [1.165, 1.54) is 38.9 Å². The van der Waals surface area contributed by atoms with Gasteiger partial charge in [0.1, 0.15) is 0 Å². The normalized spacial score (nSPS) is 23.2. The highest BCUT2D eigenvalue weighted by Crippen LogP contribution is 2.32. The number of likely N-dealkylation sites (tertiary alicyclic amines) is 1. The summed E-state index contributed by atoms with van der Waals surface area (Å²) in [6, 6.07) is 0. The van der Waals surface area contributed by atoms with E-state index in [-0.39, 0.29) is 0 Å². The van der Waals surface area contributed by atoms with Gasteiger partial charge in [-0.25, -0.2) is 0 Å². The van der Waals surface area contributed by atoms with Gasteiger partial charge >= 0.3 is 0 Å². The van der Waals surface area contributed by atoms with Gasteiger partial charge in [-0.1, -0.05) is 6.92 Å². The summed E-state index contributed by atoms with van der Waals surface area (Å²) in [6.07, 6.45) is 8.34. The van der Waals surface area contributed by atoms with Gasteiger partial charge in [-0.15, -0.1) is 0 Å². The molecule has 0 aliphatic carbocycles. The lowest BCUT2D eigenvalue weighted by Gasteiger charge is -2.36. The highest BCUT2D eigenvalue weighted by atomic mass is 32.2. The van der Waals surface area contributed by atoms with Crippen LogP contribution < -0.4 is 10.6 Å². The minimum atomic E-state index is 0.292. The second-order valence-corrected chi connectivity index (χ2v) is 8.50. The standard InChI is InChI=1S/C18H36N4OS/c1-16-5-11-22(12-6-16)10-4-9-20-17(19-2)21-15-18(24-3)7-13-23-14-8-18/h16H,4-15H2,1-3H3,(H2,19,20,21). The summed E-state index contributed by atoms with van der Waals surface area (Å²) in [4.78, 5) is 6.97. The van der Waals surface area contributed by atoms with Gasteiger partial charge in [0.05, 0.1) is 0 Å². The average Bonchev–Trinajstić information content (AvgIpc) is 2.63. The Morgan fingerprint density at radius 2 is 1.96 bits per heavy atom. The SMILES string of the molecule is CN=C(NCCCN1CCC(C)CC1)NCC1(SC)CCOCC1. The van der Waals surface area contributed by atoms with Gasteiger partial charge in [-0.2, -0.15) is 11.8 Å². The van der Waals surface area contributed by atoms with Crippen LogP contribution in [0, 0.1) is 5.92 Å². The van der Waals surface area contributed by atoms with E-state index in [9.17, 15) is 0 Å². The van der Waals surface area contributed by atoms with Crippen molar-refractivity contribution in [3.8, 4) is 0 Å². The zero-order valence-electron chi connectivity index (χ0n) is 15.8. The van der Waals surface area contributed by atoms with E-state index < -0.39 is 0 Å². The Bertz CT molecular complexity index is 377. The van der Waals surface area contributed by atoms with Crippen molar-refractivity contribution in [2.45, 2.75) is 43.8 Å². The first-order valence-electron chi connectivity index (χ1n) is 9.47. The molecule has 2 rings (SSSR count). The fraction of sp³-hybridized carbons (Fsp3) is 0.944. The topological polar surface area (TPSA) is 48.9 Å². The third-order valence-electron chi connectivity index (χ3n) is 5.46. The molecule has 2 aliphatic rings. The summed E-state index contributed by atoms with van der Waals surface area (Å²) in [5, 5.41) is 6.99. The minimum Gasteiger partial charge on any atom is -0.381 e. The van der Waals surface area contributed by atoms with Crippen LogP contribution in [-0.2, 0) is 4.74 Å². The number of guanidine groups is 1. The molecule has 0 spiro atoms. The predicted molar refractivity (Wildman–Crippen MR) is 105 cm³/mol. The van der Waals surface area contributed by atoms with Crippen molar-refractivity contribution in [2.24, 2.45) is 10.9 Å². The molecule has 2 aliphatic heterocycles. The molecule has 0 unspecified atom stereocenters. The molecule has 0 radical (unpaired) electrons. The maximum absolute atomic E-state index is 5.51. The Morgan fingerprint density at radius 3 is 2.58 bits per heavy atom. The summed E-state index contributed by atoms with van der Waals surface area (Å²) in [7, 11) is 1.86. The molecule has 0 amide bonds. The first kappa shape index (κ1) is 19.9. The molecule has 0 saturated carbocycles. The summed E-state index contributed by atoms with van der Waals surface area (Å²) in [6.45, 7) is 9.81. The number of piperidine rings is 1. The second kappa shape index (κ2) is 10.5. The maximum Gasteiger partial charge on any atom is 0.191 e. The molecule has 140 valence electrons. The maximum atomic E-state index is 5.51. The largest absolute Gasteiger partial charge is 0.381 e. The fourth-order valence-electron chi connectivity index (χ4n) is 3.46. The number of nitrogens with zero attached hydrogens (tertiary/aromatic N) is 2. The number of aliphatic imine (C=N–C) groups is 1. The van der Waals surface area contributed by atoms with Crippen molar-refractivity contribution in [3.63, 3.8) is 0 Å². The number of hydrogen-bond acceptors (Lipinski definition) is 4. The second-order valence-electron chi connectivity index (χ2n) is 7.23. The van der Waals surface area contributed by atoms with Gasteiger partial charge < -0.3 is 20.3 Å². The van der Waals surface area contributed by atoms with Crippen LogP contribution in [0.3, 0.4) is 0 Å². The van der Waals surface area contributed by atoms with Crippen molar-refractivity contribution < 1.29 is 4.74 Å². The van der Waals surface area contributed by atoms with Gasteiger partial charge in [0.2, 0.25) is 0 Å². The molecule has 0 atom stereocenters. The summed E-state index contributed by atoms with van der Waals surface area (Å²) in [5.41, 5.74) is 0. The predicted octanol–water partition coefficient (Wildman–Crippen LogP) is 2.19. The lowest BCUT2D eigenvalue weighted by molar-refractivity contribution is 0.0783. The molecule has 2 heterocycles. The van der Waals surface area contributed by atoms with Crippen LogP contribution in [-0.4, -0.2) is 74.8 Å². The van der Waals surface area contributed by atoms with Crippen molar-refractivity contribution >= 4 is 17.7 Å². The van der Waals surface area contributed by atoms with Crippen LogP contribution >= 0.6 is 11.8 Å². The average molecular weight is 357 g/mol. The van der Waals surface area contributed by atoms with E-state index in [1.807, 2.05) is 18.8 Å². The molecule has 24 heavy (non-hydrogen) atoms. The van der Waals surface area contributed by atoms with Crippen LogP contribution in [0.5, 0.6) is 0 Å². The lowest BCUT2D eigenvalue weighted by atomic mass is 9.99. The highest BCUT2D eigenvalue weighted by molar-refractivity contribution is 8.00. The summed E-state index contributed by atoms with van der Waals surface area (Å²) in [5.74, 6) is 1.85. The summed E-state index contributed by atoms with van der Waals surface area (Å²) < 4.78 is 5.80. The molecular weight excluding hydrogens is 320 g/mol. The Balaban J connectivity index is 1.61.